The van der Waals surface area contributed by atoms with Gasteiger partial charge in [0.1, 0.15) is 11.5 Å². The van der Waals surface area contributed by atoms with E-state index in [1.807, 2.05) is 13.8 Å². The van der Waals surface area contributed by atoms with E-state index in [0.29, 0.717) is 29.7 Å². The lowest BCUT2D eigenvalue weighted by molar-refractivity contribution is 0.0885. The van der Waals surface area contributed by atoms with Gasteiger partial charge in [-0.1, -0.05) is 13.8 Å². The number of nitrogens with two attached hydrogens (primary N) is 2. The van der Waals surface area contributed by atoms with E-state index in [-0.39, 0.29) is 0 Å². The van der Waals surface area contributed by atoms with Gasteiger partial charge in [0.15, 0.2) is 11.6 Å². The highest BCUT2D eigenvalue weighted by molar-refractivity contribution is 5.74. The topological polar surface area (TPSA) is 113 Å². The molecule has 1 rings (SSSR count). The Bertz CT molecular complexity index is 402. The highest BCUT2D eigenvalue weighted by Crippen LogP contribution is 2.26. The first-order valence-electron chi connectivity index (χ1n) is 6.29. The zero-order valence-corrected chi connectivity index (χ0v) is 12.7. The van der Waals surface area contributed by atoms with Gasteiger partial charge in [-0.2, -0.15) is 0 Å². The number of aromatic nitrogens is 2. The first kappa shape index (κ1) is 17.4. The highest BCUT2D eigenvalue weighted by Gasteiger charge is 2.20. The van der Waals surface area contributed by atoms with E-state index in [1.165, 1.54) is 0 Å². The fourth-order valence-electron chi connectivity index (χ4n) is 1.62. The third-order valence-electron chi connectivity index (χ3n) is 2.16. The fraction of sp³-hybridized carbons (Fsp3) is 0.667. The molecule has 0 fully saturated rings. The average molecular weight is 270 g/mol. The normalized spacial score (nSPS) is 10.5. The molecule has 0 aliphatic rings. The van der Waals surface area contributed by atoms with Crippen LogP contribution in [0.1, 0.15) is 33.5 Å². The molecular weight excluding hydrogens is 244 g/mol. The number of aliphatic hydroxyl groups is 1. The van der Waals surface area contributed by atoms with Crippen LogP contribution in [-0.4, -0.2) is 34.3 Å². The Morgan fingerprint density at radius 2 is 1.84 bits per heavy atom. The van der Waals surface area contributed by atoms with Crippen LogP contribution in [0.3, 0.4) is 0 Å². The summed E-state index contributed by atoms with van der Waals surface area (Å²) in [5.74, 6) is 6.82. The highest BCUT2D eigenvalue weighted by atomic mass is 16.3. The van der Waals surface area contributed by atoms with Crippen molar-refractivity contribution < 1.29 is 5.11 Å². The lowest BCUT2D eigenvalue weighted by Gasteiger charge is -2.27. The molecule has 0 bridgehead atoms. The molecule has 0 aromatic carbocycles. The minimum atomic E-state index is -0.837. The van der Waals surface area contributed by atoms with Gasteiger partial charge in [0.25, 0.3) is 0 Å². The Balaban J connectivity index is 0.00000154. The van der Waals surface area contributed by atoms with Gasteiger partial charge < -0.3 is 21.2 Å². The number of rotatable bonds is 4. The van der Waals surface area contributed by atoms with Crippen LogP contribution in [0.4, 0.5) is 17.3 Å². The Morgan fingerprint density at radius 3 is 2.26 bits per heavy atom. The SMILES string of the molecule is CC.Cc1nc(NN)c(N)c(N(C)CC(C)(C)O)n1. The lowest BCUT2D eigenvalue weighted by atomic mass is 10.1. The van der Waals surface area contributed by atoms with Crippen LogP contribution >= 0.6 is 0 Å². The Kier molecular flexibility index (Phi) is 6.51. The molecule has 1 aromatic rings. The summed E-state index contributed by atoms with van der Waals surface area (Å²) in [5, 5.41) is 9.77. The van der Waals surface area contributed by atoms with Crippen LogP contribution < -0.4 is 21.9 Å². The average Bonchev–Trinajstić information content (AvgIpc) is 2.32. The number of aryl methyl sites for hydroxylation is 1. The van der Waals surface area contributed by atoms with Crippen molar-refractivity contribution in [1.29, 1.82) is 0 Å². The van der Waals surface area contributed by atoms with Crippen molar-refractivity contribution >= 4 is 17.3 Å². The second-order valence-corrected chi connectivity index (χ2v) is 4.67. The van der Waals surface area contributed by atoms with Gasteiger partial charge in [-0.3, -0.25) is 0 Å². The molecule has 0 aliphatic carbocycles. The predicted octanol–water partition coefficient (Wildman–Crippen LogP) is 0.886. The van der Waals surface area contributed by atoms with E-state index >= 15 is 0 Å². The van der Waals surface area contributed by atoms with E-state index in [1.54, 1.807) is 32.7 Å². The molecule has 6 N–H and O–H groups in total. The third kappa shape index (κ3) is 5.27. The van der Waals surface area contributed by atoms with Gasteiger partial charge in [-0.25, -0.2) is 15.8 Å². The molecule has 0 aliphatic heterocycles. The van der Waals surface area contributed by atoms with Crippen LogP contribution in [0.15, 0.2) is 0 Å². The van der Waals surface area contributed by atoms with E-state index in [9.17, 15) is 5.11 Å². The second-order valence-electron chi connectivity index (χ2n) is 4.67. The number of nitrogen functional groups attached to an aromatic ring is 2. The first-order chi connectivity index (χ1) is 8.74. The largest absolute Gasteiger partial charge is 0.393 e. The van der Waals surface area contributed by atoms with E-state index < -0.39 is 5.60 Å². The third-order valence-corrected chi connectivity index (χ3v) is 2.16. The Hall–Kier alpha value is -1.60. The first-order valence-corrected chi connectivity index (χ1v) is 6.29. The van der Waals surface area contributed by atoms with Crippen LogP contribution in [0.2, 0.25) is 0 Å². The summed E-state index contributed by atoms with van der Waals surface area (Å²) >= 11 is 0. The van der Waals surface area contributed by atoms with Crippen LogP contribution in [-0.2, 0) is 0 Å². The molecule has 0 radical (unpaired) electrons. The van der Waals surface area contributed by atoms with Gasteiger partial charge in [-0.15, -0.1) is 0 Å². The smallest absolute Gasteiger partial charge is 0.169 e. The van der Waals surface area contributed by atoms with Crippen molar-refractivity contribution in [3.05, 3.63) is 5.82 Å². The zero-order valence-electron chi connectivity index (χ0n) is 12.7. The molecule has 0 saturated heterocycles. The predicted molar refractivity (Wildman–Crippen MR) is 79.9 cm³/mol. The Labute approximate surface area is 115 Å². The molecule has 19 heavy (non-hydrogen) atoms. The van der Waals surface area contributed by atoms with Crippen molar-refractivity contribution in [2.45, 2.75) is 40.2 Å². The van der Waals surface area contributed by atoms with Crippen molar-refractivity contribution in [1.82, 2.24) is 9.97 Å². The second kappa shape index (κ2) is 7.10. The number of likely N-dealkylation sites (N-methyl/N-ethyl adjacent to an activating group) is 1. The molecule has 7 heteroatoms. The quantitative estimate of drug-likeness (QED) is 0.474. The molecule has 0 saturated carbocycles. The summed E-state index contributed by atoms with van der Waals surface area (Å²) in [7, 11) is 1.80. The standard InChI is InChI=1S/C10H20N6O.C2H6/c1-6-13-8(15-12)7(11)9(14-6)16(4)5-10(2,3)17;1-2/h17H,5,11-12H2,1-4H3,(H,13,14,15);1-2H3. The Morgan fingerprint density at radius 1 is 1.32 bits per heavy atom. The molecular formula is C12H26N6O. The van der Waals surface area contributed by atoms with Gasteiger partial charge >= 0.3 is 0 Å². The minimum Gasteiger partial charge on any atom is -0.393 e. The number of hydrazine groups is 1. The minimum absolute atomic E-state index is 0.366. The van der Waals surface area contributed by atoms with Crippen molar-refractivity contribution in [3.63, 3.8) is 0 Å². The van der Waals surface area contributed by atoms with Crippen molar-refractivity contribution in [3.8, 4) is 0 Å². The number of anilines is 3. The van der Waals surface area contributed by atoms with Crippen LogP contribution in [0.25, 0.3) is 0 Å². The van der Waals surface area contributed by atoms with Crippen molar-refractivity contribution in [2.24, 2.45) is 5.84 Å². The number of nitrogens with one attached hydrogen (secondary N) is 1. The lowest BCUT2D eigenvalue weighted by Crippen LogP contribution is -2.37. The van der Waals surface area contributed by atoms with Gasteiger partial charge in [-0.05, 0) is 20.8 Å². The molecule has 110 valence electrons. The monoisotopic (exact) mass is 270 g/mol. The van der Waals surface area contributed by atoms with E-state index in [0.717, 1.165) is 0 Å². The fourth-order valence-corrected chi connectivity index (χ4v) is 1.62. The number of hydrogen-bond acceptors (Lipinski definition) is 7. The number of nitrogens with zero attached hydrogens (tertiary/aromatic N) is 3. The summed E-state index contributed by atoms with van der Waals surface area (Å²) in [4.78, 5) is 10.1. The van der Waals surface area contributed by atoms with E-state index in [4.69, 9.17) is 11.6 Å². The molecule has 0 amide bonds. The number of hydrogen-bond donors (Lipinski definition) is 4. The van der Waals surface area contributed by atoms with E-state index in [2.05, 4.69) is 15.4 Å². The zero-order chi connectivity index (χ0) is 15.2. The van der Waals surface area contributed by atoms with Gasteiger partial charge in [0.05, 0.1) is 5.60 Å². The van der Waals surface area contributed by atoms with Crippen LogP contribution in [0.5, 0.6) is 0 Å². The van der Waals surface area contributed by atoms with Gasteiger partial charge in [0, 0.05) is 13.6 Å². The maximum atomic E-state index is 9.77. The summed E-state index contributed by atoms with van der Waals surface area (Å²) in [6.45, 7) is 9.59. The maximum absolute atomic E-state index is 9.77. The van der Waals surface area contributed by atoms with Gasteiger partial charge in [0.2, 0.25) is 0 Å². The van der Waals surface area contributed by atoms with Crippen molar-refractivity contribution in [2.75, 3.05) is 29.7 Å². The molecule has 7 nitrogen and oxygen atoms in total. The molecule has 1 aromatic heterocycles. The molecule has 0 spiro atoms. The molecule has 1 heterocycles. The van der Waals surface area contributed by atoms with Crippen LogP contribution in [0, 0.1) is 6.92 Å². The summed E-state index contributed by atoms with van der Waals surface area (Å²) in [6, 6.07) is 0. The molecule has 0 unspecified atom stereocenters. The molecule has 0 atom stereocenters. The summed E-state index contributed by atoms with van der Waals surface area (Å²) < 4.78 is 0. The summed E-state index contributed by atoms with van der Waals surface area (Å²) in [6.07, 6.45) is 0. The summed E-state index contributed by atoms with van der Waals surface area (Å²) in [5.41, 5.74) is 7.85. The maximum Gasteiger partial charge on any atom is 0.169 e.